The summed E-state index contributed by atoms with van der Waals surface area (Å²) in [7, 11) is 0. The first-order valence-electron chi connectivity index (χ1n) is 4.03. The molecule has 0 saturated carbocycles. The van der Waals surface area contributed by atoms with Crippen LogP contribution in [0.2, 0.25) is 0 Å². The Morgan fingerprint density at radius 1 is 1.20 bits per heavy atom. The number of carbonyl (C=O) groups excluding carboxylic acids is 1. The van der Waals surface area contributed by atoms with Crippen molar-refractivity contribution < 1.29 is 45.7 Å². The topological polar surface area (TPSA) is 57.6 Å². The Kier molecular flexibility index (Phi) is 10.7. The van der Waals surface area contributed by atoms with E-state index in [1.54, 1.807) is 12.2 Å². The number of hydrogen-bond acceptors (Lipinski definition) is 2. The minimum atomic E-state index is -1.14. The van der Waals surface area contributed by atoms with Crippen molar-refractivity contribution in [2.24, 2.45) is 0 Å². The van der Waals surface area contributed by atoms with E-state index in [1.807, 2.05) is 0 Å². The standard InChI is InChI=1S/C10H13NO3.Na.H/c1-3-7-11(8-4-2)9(12)5-6-10(13)14;;/h3-6H,1-2,7-8H2,(H,13,14);;/q;+1;-1/b6-5-;;. The minimum absolute atomic E-state index is 0. The number of carboxylic acids is 1. The molecule has 0 radical (unpaired) electrons. The van der Waals surface area contributed by atoms with Crippen LogP contribution in [-0.4, -0.2) is 35.0 Å². The molecule has 0 spiro atoms. The second kappa shape index (κ2) is 9.71. The zero-order valence-electron chi connectivity index (χ0n) is 9.85. The largest absolute Gasteiger partial charge is 1.00 e. The molecular formula is C10H14NNaO3. The summed E-state index contributed by atoms with van der Waals surface area (Å²) in [6.07, 6.45) is 4.95. The molecule has 15 heavy (non-hydrogen) atoms. The van der Waals surface area contributed by atoms with Crippen LogP contribution < -0.4 is 29.6 Å². The average Bonchev–Trinajstić information content (AvgIpc) is 2.14. The molecule has 0 aromatic heterocycles. The predicted molar refractivity (Wildman–Crippen MR) is 54.9 cm³/mol. The van der Waals surface area contributed by atoms with Gasteiger partial charge in [-0.25, -0.2) is 4.79 Å². The third kappa shape index (κ3) is 8.17. The van der Waals surface area contributed by atoms with Gasteiger partial charge in [-0.15, -0.1) is 13.2 Å². The van der Waals surface area contributed by atoms with Gasteiger partial charge in [-0.05, 0) is 0 Å². The first-order valence-corrected chi connectivity index (χ1v) is 4.03. The van der Waals surface area contributed by atoms with Gasteiger partial charge in [0.05, 0.1) is 0 Å². The Hall–Kier alpha value is -0.840. The SMILES string of the molecule is C=CCN(CC=C)C(=O)/C=C\C(=O)O.[H-].[Na+]. The van der Waals surface area contributed by atoms with Crippen molar-refractivity contribution in [2.45, 2.75) is 0 Å². The number of carboxylic acid groups (broad SMARTS) is 1. The van der Waals surface area contributed by atoms with Gasteiger partial charge in [-0.2, -0.15) is 0 Å². The van der Waals surface area contributed by atoms with Crippen LogP contribution in [-0.2, 0) is 9.59 Å². The van der Waals surface area contributed by atoms with Crippen LogP contribution in [0.1, 0.15) is 1.43 Å². The van der Waals surface area contributed by atoms with Crippen molar-refractivity contribution in [1.82, 2.24) is 4.90 Å². The summed E-state index contributed by atoms with van der Waals surface area (Å²) in [5.74, 6) is -1.51. The molecule has 0 unspecified atom stereocenters. The van der Waals surface area contributed by atoms with E-state index >= 15 is 0 Å². The molecule has 0 fully saturated rings. The van der Waals surface area contributed by atoms with Crippen molar-refractivity contribution in [1.29, 1.82) is 0 Å². The molecule has 78 valence electrons. The van der Waals surface area contributed by atoms with Gasteiger partial charge in [0.25, 0.3) is 0 Å². The van der Waals surface area contributed by atoms with Crippen molar-refractivity contribution >= 4 is 11.9 Å². The summed E-state index contributed by atoms with van der Waals surface area (Å²) in [5, 5.41) is 8.31. The summed E-state index contributed by atoms with van der Waals surface area (Å²) >= 11 is 0. The quantitative estimate of drug-likeness (QED) is 0.317. The van der Waals surface area contributed by atoms with Crippen molar-refractivity contribution in [3.8, 4) is 0 Å². The van der Waals surface area contributed by atoms with Gasteiger partial charge in [-0.1, -0.05) is 12.2 Å². The van der Waals surface area contributed by atoms with E-state index in [4.69, 9.17) is 5.11 Å². The molecule has 0 saturated heterocycles. The predicted octanol–water partition coefficient (Wildman–Crippen LogP) is -2.06. The molecule has 0 atom stereocenters. The molecule has 1 amide bonds. The zero-order valence-corrected chi connectivity index (χ0v) is 10.8. The van der Waals surface area contributed by atoms with E-state index in [0.717, 1.165) is 12.2 Å². The molecule has 1 N–H and O–H groups in total. The molecule has 0 aliphatic rings. The van der Waals surface area contributed by atoms with E-state index < -0.39 is 5.97 Å². The van der Waals surface area contributed by atoms with E-state index in [-0.39, 0.29) is 36.9 Å². The Morgan fingerprint density at radius 2 is 1.67 bits per heavy atom. The molecule has 0 bridgehead atoms. The van der Waals surface area contributed by atoms with Gasteiger partial charge < -0.3 is 11.4 Å². The maximum atomic E-state index is 11.3. The van der Waals surface area contributed by atoms with Gasteiger partial charge in [0.1, 0.15) is 0 Å². The average molecular weight is 219 g/mol. The van der Waals surface area contributed by atoms with Crippen LogP contribution in [0.3, 0.4) is 0 Å². The summed E-state index contributed by atoms with van der Waals surface area (Å²) in [6, 6.07) is 0. The second-order valence-corrected chi connectivity index (χ2v) is 2.49. The smallest absolute Gasteiger partial charge is 1.00 e. The molecule has 0 aliphatic heterocycles. The monoisotopic (exact) mass is 219 g/mol. The fourth-order valence-corrected chi connectivity index (χ4v) is 0.814. The van der Waals surface area contributed by atoms with E-state index in [1.165, 1.54) is 4.90 Å². The van der Waals surface area contributed by atoms with Crippen LogP contribution in [0, 0.1) is 0 Å². The summed E-state index contributed by atoms with van der Waals surface area (Å²) in [5.41, 5.74) is 0. The molecule has 4 nitrogen and oxygen atoms in total. The van der Waals surface area contributed by atoms with Gasteiger partial charge in [0, 0.05) is 25.2 Å². The maximum absolute atomic E-state index is 11.3. The number of nitrogens with zero attached hydrogens (tertiary/aromatic N) is 1. The minimum Gasteiger partial charge on any atom is -1.00 e. The van der Waals surface area contributed by atoms with Gasteiger partial charge >= 0.3 is 35.5 Å². The van der Waals surface area contributed by atoms with Gasteiger partial charge in [-0.3, -0.25) is 4.79 Å². The molecular weight excluding hydrogens is 205 g/mol. The first kappa shape index (κ1) is 16.6. The van der Waals surface area contributed by atoms with Crippen LogP contribution in [0.4, 0.5) is 0 Å². The fourth-order valence-electron chi connectivity index (χ4n) is 0.814. The summed E-state index contributed by atoms with van der Waals surface area (Å²) < 4.78 is 0. The Balaban J connectivity index is -0.000000845. The maximum Gasteiger partial charge on any atom is 1.00 e. The third-order valence-corrected chi connectivity index (χ3v) is 1.38. The third-order valence-electron chi connectivity index (χ3n) is 1.38. The van der Waals surface area contributed by atoms with E-state index in [9.17, 15) is 9.59 Å². The van der Waals surface area contributed by atoms with Crippen molar-refractivity contribution in [3.05, 3.63) is 37.5 Å². The van der Waals surface area contributed by atoms with Crippen LogP contribution >= 0.6 is 0 Å². The zero-order chi connectivity index (χ0) is 11.0. The molecule has 5 heteroatoms. The molecule has 0 aromatic rings. The normalized spacial score (nSPS) is 9.07. The van der Waals surface area contributed by atoms with Gasteiger partial charge in [0.15, 0.2) is 0 Å². The molecule has 0 heterocycles. The number of aliphatic carboxylic acids is 1. The van der Waals surface area contributed by atoms with Gasteiger partial charge in [0.2, 0.25) is 5.91 Å². The second-order valence-electron chi connectivity index (χ2n) is 2.49. The van der Waals surface area contributed by atoms with Crippen LogP contribution in [0.5, 0.6) is 0 Å². The van der Waals surface area contributed by atoms with E-state index in [0.29, 0.717) is 13.1 Å². The number of carbonyl (C=O) groups is 2. The summed E-state index contributed by atoms with van der Waals surface area (Å²) in [4.78, 5) is 22.9. The molecule has 0 aliphatic carbocycles. The van der Waals surface area contributed by atoms with Crippen LogP contribution in [0.25, 0.3) is 0 Å². The number of amides is 1. The molecule has 0 aromatic carbocycles. The Labute approximate surface area is 113 Å². The fraction of sp³-hybridized carbons (Fsp3) is 0.200. The van der Waals surface area contributed by atoms with E-state index in [2.05, 4.69) is 13.2 Å². The Morgan fingerprint density at radius 3 is 2.00 bits per heavy atom. The first-order chi connectivity index (χ1) is 6.61. The summed E-state index contributed by atoms with van der Waals surface area (Å²) in [6.45, 7) is 7.72. The van der Waals surface area contributed by atoms with Crippen molar-refractivity contribution in [3.63, 3.8) is 0 Å². The number of hydrogen-bond donors (Lipinski definition) is 1. The van der Waals surface area contributed by atoms with Crippen LogP contribution in [0.15, 0.2) is 37.5 Å². The van der Waals surface area contributed by atoms with Crippen molar-refractivity contribution in [2.75, 3.05) is 13.1 Å². The molecule has 0 rings (SSSR count). The Bertz CT molecular complexity index is 269. The number of rotatable bonds is 6.